The molecule has 0 heterocycles. The summed E-state index contributed by atoms with van der Waals surface area (Å²) in [6.45, 7) is 6.23. The Hall–Kier alpha value is -1.68. The molecular formula is C15H20O4. The minimum absolute atomic E-state index is 0.0890. The topological polar surface area (TPSA) is 63.6 Å². The quantitative estimate of drug-likeness (QED) is 0.633. The van der Waals surface area contributed by atoms with Gasteiger partial charge in [0.15, 0.2) is 11.6 Å². The Morgan fingerprint density at radius 1 is 1.32 bits per heavy atom. The second kappa shape index (κ2) is 5.97. The summed E-state index contributed by atoms with van der Waals surface area (Å²) < 4.78 is 5.35. The Labute approximate surface area is 113 Å². The molecule has 0 spiro atoms. The first-order chi connectivity index (χ1) is 8.76. The number of carbonyl (C=O) groups is 2. The van der Waals surface area contributed by atoms with Crippen LogP contribution >= 0.6 is 0 Å². The second-order valence-electron chi connectivity index (χ2n) is 4.96. The lowest BCUT2D eigenvalue weighted by Gasteiger charge is -2.22. The van der Waals surface area contributed by atoms with Crippen molar-refractivity contribution in [2.75, 3.05) is 0 Å². The number of carbonyl (C=O) groups excluding carboxylic acids is 2. The van der Waals surface area contributed by atoms with Crippen molar-refractivity contribution in [3.63, 3.8) is 0 Å². The third-order valence-electron chi connectivity index (χ3n) is 2.52. The smallest absolute Gasteiger partial charge is 0.202 e. The molecule has 0 radical (unpaired) electrons. The normalized spacial score (nSPS) is 11.2. The Morgan fingerprint density at radius 3 is 2.42 bits per heavy atom. The Balaban J connectivity index is 3.30. The van der Waals surface area contributed by atoms with Gasteiger partial charge in [-0.2, -0.15) is 0 Å². The summed E-state index contributed by atoms with van der Waals surface area (Å²) in [6, 6.07) is 4.85. The molecule has 0 aliphatic heterocycles. The van der Waals surface area contributed by atoms with Crippen LogP contribution < -0.4 is 4.74 Å². The molecule has 0 amide bonds. The van der Waals surface area contributed by atoms with Crippen LogP contribution in [0.25, 0.3) is 0 Å². The van der Waals surface area contributed by atoms with Gasteiger partial charge in [-0.25, -0.2) is 0 Å². The predicted molar refractivity (Wildman–Crippen MR) is 72.6 cm³/mol. The van der Waals surface area contributed by atoms with E-state index >= 15 is 0 Å². The van der Waals surface area contributed by atoms with Crippen LogP contribution in [0.4, 0.5) is 0 Å². The molecule has 19 heavy (non-hydrogen) atoms. The molecule has 1 aromatic carbocycles. The molecule has 1 aromatic rings. The summed E-state index contributed by atoms with van der Waals surface area (Å²) in [5.74, 6) is -1.51. The first-order valence-corrected chi connectivity index (χ1v) is 6.34. The van der Waals surface area contributed by atoms with Gasteiger partial charge >= 0.3 is 0 Å². The molecule has 0 aliphatic carbocycles. The van der Waals surface area contributed by atoms with Gasteiger partial charge in [0.1, 0.15) is 5.75 Å². The van der Waals surface area contributed by atoms with Crippen LogP contribution in [0, 0.1) is 0 Å². The van der Waals surface area contributed by atoms with Gasteiger partial charge in [-0.3, -0.25) is 9.59 Å². The van der Waals surface area contributed by atoms with Gasteiger partial charge < -0.3 is 9.84 Å². The van der Waals surface area contributed by atoms with E-state index in [2.05, 4.69) is 0 Å². The highest BCUT2D eigenvalue weighted by molar-refractivity contribution is 6.09. The van der Waals surface area contributed by atoms with Crippen LogP contribution in [0.1, 0.15) is 61.3 Å². The molecule has 0 aromatic heterocycles. The van der Waals surface area contributed by atoms with E-state index in [0.717, 1.165) is 0 Å². The SMILES string of the molecule is CCCC(=O)c1cccc(OC(C)(C)O)c1C(C)=O. The number of ketones is 2. The molecular weight excluding hydrogens is 244 g/mol. The van der Waals surface area contributed by atoms with Crippen LogP contribution in [-0.4, -0.2) is 22.5 Å². The highest BCUT2D eigenvalue weighted by Crippen LogP contribution is 2.27. The van der Waals surface area contributed by atoms with Crippen molar-refractivity contribution in [2.45, 2.75) is 46.3 Å². The monoisotopic (exact) mass is 264 g/mol. The molecule has 0 bridgehead atoms. The van der Waals surface area contributed by atoms with Crippen molar-refractivity contribution in [2.24, 2.45) is 0 Å². The zero-order valence-corrected chi connectivity index (χ0v) is 11.8. The number of benzene rings is 1. The van der Waals surface area contributed by atoms with E-state index in [9.17, 15) is 14.7 Å². The Morgan fingerprint density at radius 2 is 1.95 bits per heavy atom. The fourth-order valence-corrected chi connectivity index (χ4v) is 1.84. The fourth-order valence-electron chi connectivity index (χ4n) is 1.84. The highest BCUT2D eigenvalue weighted by Gasteiger charge is 2.22. The molecule has 1 rings (SSSR count). The number of ether oxygens (including phenoxy) is 1. The van der Waals surface area contributed by atoms with E-state index in [1.165, 1.54) is 20.8 Å². The molecule has 1 N–H and O–H groups in total. The van der Waals surface area contributed by atoms with Crippen LogP contribution in [0.2, 0.25) is 0 Å². The second-order valence-corrected chi connectivity index (χ2v) is 4.96. The van der Waals surface area contributed by atoms with Gasteiger partial charge in [0.25, 0.3) is 0 Å². The van der Waals surface area contributed by atoms with Crippen molar-refractivity contribution in [1.29, 1.82) is 0 Å². The molecule has 0 saturated carbocycles. The third kappa shape index (κ3) is 4.17. The molecule has 4 heteroatoms. The van der Waals surface area contributed by atoms with Gasteiger partial charge in [-0.15, -0.1) is 0 Å². The van der Waals surface area contributed by atoms with Crippen molar-refractivity contribution in [1.82, 2.24) is 0 Å². The summed E-state index contributed by atoms with van der Waals surface area (Å²) >= 11 is 0. The number of Topliss-reactive ketones (excluding diaryl/α,β-unsaturated/α-hetero) is 2. The van der Waals surface area contributed by atoms with E-state index in [1.807, 2.05) is 6.92 Å². The zero-order valence-electron chi connectivity index (χ0n) is 11.8. The van der Waals surface area contributed by atoms with E-state index in [0.29, 0.717) is 18.4 Å². The highest BCUT2D eigenvalue weighted by atomic mass is 16.6. The van der Waals surface area contributed by atoms with Crippen LogP contribution in [0.3, 0.4) is 0 Å². The van der Waals surface area contributed by atoms with Crippen LogP contribution in [0.5, 0.6) is 5.75 Å². The molecule has 0 unspecified atom stereocenters. The number of rotatable bonds is 6. The van der Waals surface area contributed by atoms with E-state index < -0.39 is 5.79 Å². The van der Waals surface area contributed by atoms with Gasteiger partial charge in [-0.1, -0.05) is 19.1 Å². The molecule has 4 nitrogen and oxygen atoms in total. The van der Waals surface area contributed by atoms with Crippen molar-refractivity contribution >= 4 is 11.6 Å². The standard InChI is InChI=1S/C15H20O4/c1-5-7-12(17)11-8-6-9-13(14(11)10(2)16)19-15(3,4)18/h6,8-9,18H,5,7H2,1-4H3. The van der Waals surface area contributed by atoms with Gasteiger partial charge in [0, 0.05) is 25.8 Å². The summed E-state index contributed by atoms with van der Waals surface area (Å²) in [4.78, 5) is 23.8. The average molecular weight is 264 g/mol. The lowest BCUT2D eigenvalue weighted by molar-refractivity contribution is -0.104. The molecule has 0 aliphatic rings. The first kappa shape index (κ1) is 15.4. The predicted octanol–water partition coefficient (Wildman–Crippen LogP) is 2.98. The van der Waals surface area contributed by atoms with Crippen molar-refractivity contribution in [3.05, 3.63) is 29.3 Å². The van der Waals surface area contributed by atoms with Crippen molar-refractivity contribution < 1.29 is 19.4 Å². The molecule has 0 atom stereocenters. The van der Waals surface area contributed by atoms with Gasteiger partial charge in [0.05, 0.1) is 5.56 Å². The third-order valence-corrected chi connectivity index (χ3v) is 2.52. The summed E-state index contributed by atoms with van der Waals surface area (Å²) in [6.07, 6.45) is 1.10. The maximum absolute atomic E-state index is 12.0. The lowest BCUT2D eigenvalue weighted by atomic mass is 9.97. The van der Waals surface area contributed by atoms with Crippen LogP contribution in [-0.2, 0) is 0 Å². The average Bonchev–Trinajstić information content (AvgIpc) is 2.26. The fraction of sp³-hybridized carbons (Fsp3) is 0.467. The molecule has 0 fully saturated rings. The van der Waals surface area contributed by atoms with E-state index in [-0.39, 0.29) is 22.9 Å². The molecule has 104 valence electrons. The minimum atomic E-state index is -1.41. The number of hydrogen-bond donors (Lipinski definition) is 1. The summed E-state index contributed by atoms with van der Waals surface area (Å²) in [5, 5.41) is 9.69. The number of hydrogen-bond acceptors (Lipinski definition) is 4. The Kier molecular flexibility index (Phi) is 4.84. The van der Waals surface area contributed by atoms with Crippen LogP contribution in [0.15, 0.2) is 18.2 Å². The van der Waals surface area contributed by atoms with Gasteiger partial charge in [0.2, 0.25) is 5.79 Å². The minimum Gasteiger partial charge on any atom is -0.462 e. The van der Waals surface area contributed by atoms with E-state index in [4.69, 9.17) is 4.74 Å². The van der Waals surface area contributed by atoms with E-state index in [1.54, 1.807) is 18.2 Å². The van der Waals surface area contributed by atoms with Gasteiger partial charge in [-0.05, 0) is 19.4 Å². The zero-order chi connectivity index (χ0) is 14.6. The lowest BCUT2D eigenvalue weighted by Crippen LogP contribution is -2.28. The molecule has 0 saturated heterocycles. The summed E-state index contributed by atoms with van der Waals surface area (Å²) in [7, 11) is 0. The van der Waals surface area contributed by atoms with Crippen molar-refractivity contribution in [3.8, 4) is 5.75 Å². The largest absolute Gasteiger partial charge is 0.462 e. The summed E-state index contributed by atoms with van der Waals surface area (Å²) in [5.41, 5.74) is 0.596. The number of aliphatic hydroxyl groups is 1. The first-order valence-electron chi connectivity index (χ1n) is 6.34. The maximum Gasteiger partial charge on any atom is 0.202 e. The maximum atomic E-state index is 12.0. The Bertz CT molecular complexity index is 483.